The van der Waals surface area contributed by atoms with Gasteiger partial charge in [0.2, 0.25) is 11.8 Å². The van der Waals surface area contributed by atoms with Gasteiger partial charge in [-0.1, -0.05) is 83.5 Å². The Morgan fingerprint density at radius 1 is 0.871 bits per heavy atom. The number of Topliss-reactive ketones (excluding diaryl/α,β-unsaturated/α-hetero) is 1. The fourth-order valence-corrected chi connectivity index (χ4v) is 7.54. The number of allylic oxidation sites excluding steroid dienone is 2. The van der Waals surface area contributed by atoms with E-state index in [0.717, 1.165) is 22.3 Å². The number of likely N-dealkylation sites (tertiary alicyclic amines) is 1. The average Bonchev–Trinajstić information content (AvgIpc) is 3.16. The van der Waals surface area contributed by atoms with Gasteiger partial charge in [-0.2, -0.15) is 0 Å². The maximum Gasteiger partial charge on any atom is 0.248 e. The summed E-state index contributed by atoms with van der Waals surface area (Å²) in [6.45, 7) is 6.02. The van der Waals surface area contributed by atoms with E-state index in [9.17, 15) is 14.4 Å². The summed E-state index contributed by atoms with van der Waals surface area (Å²) in [5.74, 6) is -1.36. The Labute approximate surface area is 190 Å². The van der Waals surface area contributed by atoms with Crippen LogP contribution in [0.5, 0.6) is 0 Å². The molecule has 4 nitrogen and oxygen atoms in total. The molecule has 31 heavy (non-hydrogen) atoms. The number of fused-ring (bicyclic) bond motifs is 5. The highest BCUT2D eigenvalue weighted by molar-refractivity contribution is 9.10. The summed E-state index contributed by atoms with van der Waals surface area (Å²) >= 11 is 3.75. The van der Waals surface area contributed by atoms with Gasteiger partial charge in [-0.15, -0.1) is 0 Å². The summed E-state index contributed by atoms with van der Waals surface area (Å²) in [7, 11) is 0. The fraction of sp³-hybridized carbons (Fsp3) is 0.346. The number of benzene rings is 2. The van der Waals surface area contributed by atoms with E-state index in [1.807, 2.05) is 81.4 Å². The Hall–Kier alpha value is -2.53. The van der Waals surface area contributed by atoms with Crippen LogP contribution >= 0.6 is 15.9 Å². The van der Waals surface area contributed by atoms with Crippen molar-refractivity contribution in [2.75, 3.05) is 6.54 Å². The maximum absolute atomic E-state index is 14.2. The van der Waals surface area contributed by atoms with Crippen molar-refractivity contribution in [2.24, 2.45) is 16.7 Å². The van der Waals surface area contributed by atoms with Gasteiger partial charge in [-0.05, 0) is 42.5 Å². The predicted octanol–water partition coefficient (Wildman–Crippen LogP) is 4.74. The molecule has 0 aromatic heterocycles. The Kier molecular flexibility index (Phi) is 4.26. The van der Waals surface area contributed by atoms with E-state index >= 15 is 0 Å². The van der Waals surface area contributed by atoms with Gasteiger partial charge in [0.1, 0.15) is 4.32 Å². The van der Waals surface area contributed by atoms with Crippen LogP contribution < -0.4 is 0 Å². The Morgan fingerprint density at radius 2 is 1.39 bits per heavy atom. The van der Waals surface area contributed by atoms with Crippen molar-refractivity contribution in [3.05, 3.63) is 71.8 Å². The van der Waals surface area contributed by atoms with Crippen LogP contribution in [0, 0.1) is 16.7 Å². The largest absolute Gasteiger partial charge is 0.298 e. The molecular weight excluding hydrogens is 454 g/mol. The minimum absolute atomic E-state index is 0.0579. The number of rotatable bonds is 4. The number of ketones is 1. The molecule has 2 aromatic rings. The smallest absolute Gasteiger partial charge is 0.248 e. The Balaban J connectivity index is 1.88. The normalized spacial score (nSPS) is 34.1. The standard InChI is InChI=1S/C26H24BrNO3/c1-4-15-28-21(29)20-24(2)18(16-11-7-5-8-12-16)19(17-13-9-6-10-14-17)25(3,22(24)30)26(20,27)23(28)31/h5-14,20H,4,15H2,1-3H3. The quantitative estimate of drug-likeness (QED) is 0.472. The first-order valence-corrected chi connectivity index (χ1v) is 11.5. The van der Waals surface area contributed by atoms with Gasteiger partial charge >= 0.3 is 0 Å². The Morgan fingerprint density at radius 3 is 1.90 bits per heavy atom. The summed E-state index contributed by atoms with van der Waals surface area (Å²) in [4.78, 5) is 42.8. The van der Waals surface area contributed by atoms with Crippen LogP contribution in [0.15, 0.2) is 60.7 Å². The number of nitrogens with zero attached hydrogens (tertiary/aromatic N) is 1. The number of imide groups is 1. The molecule has 1 heterocycles. The van der Waals surface area contributed by atoms with Crippen LogP contribution in [0.25, 0.3) is 11.1 Å². The lowest BCUT2D eigenvalue weighted by molar-refractivity contribution is -0.144. The summed E-state index contributed by atoms with van der Waals surface area (Å²) in [5, 5.41) is 0. The number of amides is 2. The van der Waals surface area contributed by atoms with E-state index in [1.165, 1.54) is 4.90 Å². The van der Waals surface area contributed by atoms with Crippen molar-refractivity contribution < 1.29 is 14.4 Å². The first-order chi connectivity index (χ1) is 14.8. The van der Waals surface area contributed by atoms with Gasteiger partial charge in [-0.25, -0.2) is 0 Å². The highest BCUT2D eigenvalue weighted by Gasteiger charge is 2.85. The lowest BCUT2D eigenvalue weighted by Gasteiger charge is -2.41. The van der Waals surface area contributed by atoms with Crippen molar-refractivity contribution in [2.45, 2.75) is 31.5 Å². The number of hydrogen-bond donors (Lipinski definition) is 0. The second kappa shape index (κ2) is 6.49. The highest BCUT2D eigenvalue weighted by atomic mass is 79.9. The van der Waals surface area contributed by atoms with Crippen LogP contribution in [0.2, 0.25) is 0 Å². The average molecular weight is 478 g/mol. The molecule has 2 aromatic carbocycles. The van der Waals surface area contributed by atoms with Gasteiger partial charge in [0.05, 0.1) is 16.7 Å². The van der Waals surface area contributed by atoms with E-state index in [-0.39, 0.29) is 17.6 Å². The predicted molar refractivity (Wildman–Crippen MR) is 123 cm³/mol. The lowest BCUT2D eigenvalue weighted by atomic mass is 9.63. The minimum atomic E-state index is -1.28. The van der Waals surface area contributed by atoms with Crippen molar-refractivity contribution >= 4 is 44.7 Å². The van der Waals surface area contributed by atoms with Gasteiger partial charge < -0.3 is 0 Å². The van der Waals surface area contributed by atoms with E-state index in [4.69, 9.17) is 0 Å². The second-order valence-electron chi connectivity index (χ2n) is 9.08. The van der Waals surface area contributed by atoms with Crippen molar-refractivity contribution in [3.63, 3.8) is 0 Å². The van der Waals surface area contributed by atoms with Gasteiger partial charge in [0.15, 0.2) is 5.78 Å². The number of hydrogen-bond acceptors (Lipinski definition) is 3. The molecule has 0 spiro atoms. The van der Waals surface area contributed by atoms with E-state index in [2.05, 4.69) is 15.9 Å². The summed E-state index contributed by atoms with van der Waals surface area (Å²) in [6, 6.07) is 19.6. The molecule has 5 rings (SSSR count). The lowest BCUT2D eigenvalue weighted by Crippen LogP contribution is -2.50. The van der Waals surface area contributed by atoms with E-state index < -0.39 is 21.1 Å². The topological polar surface area (TPSA) is 54.5 Å². The zero-order chi connectivity index (χ0) is 22.2. The minimum Gasteiger partial charge on any atom is -0.298 e. The van der Waals surface area contributed by atoms with Crippen LogP contribution in [-0.2, 0) is 14.4 Å². The monoisotopic (exact) mass is 477 g/mol. The first kappa shape index (κ1) is 20.4. The number of alkyl halides is 1. The number of carbonyl (C=O) groups excluding carboxylic acids is 3. The highest BCUT2D eigenvalue weighted by Crippen LogP contribution is 2.77. The molecule has 4 unspecified atom stereocenters. The SMILES string of the molecule is CCCN1C(=O)C2C3(C)C(=O)C(C)(C(c4ccccc4)=C3c3ccccc3)C2(Br)C1=O. The van der Waals surface area contributed by atoms with E-state index in [1.54, 1.807) is 0 Å². The molecule has 1 aliphatic heterocycles. The molecule has 2 amide bonds. The number of halogens is 1. The third-order valence-corrected chi connectivity index (χ3v) is 9.13. The zero-order valence-electron chi connectivity index (χ0n) is 17.8. The molecule has 2 bridgehead atoms. The molecule has 1 saturated carbocycles. The van der Waals surface area contributed by atoms with Crippen molar-refractivity contribution in [3.8, 4) is 0 Å². The molecule has 0 N–H and O–H groups in total. The summed E-state index contributed by atoms with van der Waals surface area (Å²) in [5.41, 5.74) is 1.29. The molecule has 2 aliphatic carbocycles. The van der Waals surface area contributed by atoms with Gasteiger partial charge in [0.25, 0.3) is 0 Å². The second-order valence-corrected chi connectivity index (χ2v) is 10.3. The van der Waals surface area contributed by atoms with Crippen LogP contribution in [0.3, 0.4) is 0 Å². The molecule has 158 valence electrons. The van der Waals surface area contributed by atoms with Crippen LogP contribution in [0.1, 0.15) is 38.3 Å². The third kappa shape index (κ3) is 2.13. The van der Waals surface area contributed by atoms with Crippen LogP contribution in [0.4, 0.5) is 0 Å². The number of carbonyl (C=O) groups is 3. The molecule has 1 saturated heterocycles. The maximum atomic E-state index is 14.2. The van der Waals surface area contributed by atoms with Crippen molar-refractivity contribution in [1.82, 2.24) is 4.90 Å². The Bertz CT molecular complexity index is 1160. The first-order valence-electron chi connectivity index (χ1n) is 10.7. The molecular formula is C26H24BrNO3. The van der Waals surface area contributed by atoms with Gasteiger partial charge in [0, 0.05) is 6.54 Å². The third-order valence-electron chi connectivity index (χ3n) is 7.54. The molecule has 4 atom stereocenters. The summed E-state index contributed by atoms with van der Waals surface area (Å²) in [6.07, 6.45) is 0.680. The van der Waals surface area contributed by atoms with Crippen LogP contribution in [-0.4, -0.2) is 33.4 Å². The molecule has 3 aliphatic rings. The molecule has 2 fully saturated rings. The zero-order valence-corrected chi connectivity index (χ0v) is 19.4. The van der Waals surface area contributed by atoms with Gasteiger partial charge in [-0.3, -0.25) is 19.3 Å². The van der Waals surface area contributed by atoms with E-state index in [0.29, 0.717) is 13.0 Å². The molecule has 5 heteroatoms. The fourth-order valence-electron chi connectivity index (χ4n) is 6.29. The van der Waals surface area contributed by atoms with Crippen molar-refractivity contribution in [1.29, 1.82) is 0 Å². The summed E-state index contributed by atoms with van der Waals surface area (Å²) < 4.78 is -1.28. The molecule has 0 radical (unpaired) electrons.